The van der Waals surface area contributed by atoms with Crippen molar-refractivity contribution in [3.05, 3.63) is 35.4 Å². The summed E-state index contributed by atoms with van der Waals surface area (Å²) in [6.45, 7) is 1.94. The van der Waals surface area contributed by atoms with Gasteiger partial charge in [0.2, 0.25) is 12.3 Å². The van der Waals surface area contributed by atoms with Crippen molar-refractivity contribution < 1.29 is 13.6 Å². The average molecular weight is 394 g/mol. The van der Waals surface area contributed by atoms with E-state index in [1.807, 2.05) is 24.3 Å². The van der Waals surface area contributed by atoms with Gasteiger partial charge in [-0.1, -0.05) is 24.3 Å². The zero-order valence-corrected chi connectivity index (χ0v) is 15.8. The second kappa shape index (κ2) is 7.77. The van der Waals surface area contributed by atoms with E-state index in [0.29, 0.717) is 31.0 Å². The molecule has 4 atom stereocenters. The molecule has 0 bridgehead atoms. The summed E-state index contributed by atoms with van der Waals surface area (Å²) < 4.78 is 26.4. The Morgan fingerprint density at radius 1 is 1.19 bits per heavy atom. The van der Waals surface area contributed by atoms with Crippen LogP contribution < -0.4 is 16.0 Å². The average Bonchev–Trinajstić information content (AvgIpc) is 3.16. The number of thiocarbonyl (C=S) groups is 1. The molecule has 5 nitrogen and oxygen atoms in total. The Hall–Kier alpha value is -1.64. The summed E-state index contributed by atoms with van der Waals surface area (Å²) in [5, 5.41) is 9.86. The molecule has 0 spiro atoms. The summed E-state index contributed by atoms with van der Waals surface area (Å²) in [6.07, 6.45) is -0.482. The van der Waals surface area contributed by atoms with E-state index in [0.717, 1.165) is 24.1 Å². The predicted molar refractivity (Wildman–Crippen MR) is 102 cm³/mol. The van der Waals surface area contributed by atoms with Gasteiger partial charge in [0.05, 0.1) is 6.04 Å². The first kappa shape index (κ1) is 18.7. The van der Waals surface area contributed by atoms with Crippen molar-refractivity contribution >= 4 is 23.2 Å². The predicted octanol–water partition coefficient (Wildman–Crippen LogP) is 1.94. The van der Waals surface area contributed by atoms with Crippen LogP contribution in [0.2, 0.25) is 0 Å². The Labute approximate surface area is 162 Å². The standard InChI is InChI=1S/C19H24F2N4OS/c20-17(21)11-5-7-22-14(9-11)13-4-2-1-3-12(13)10-25-15-6-8-23-16(15)18(26)24-19(25)27/h1-4,11,14-17,22-23H,5-10H2,(H,24,26,27)/t11-,14+,15?,16?/m0/s1. The Morgan fingerprint density at radius 2 is 1.96 bits per heavy atom. The van der Waals surface area contributed by atoms with Crippen molar-refractivity contribution in [3.63, 3.8) is 0 Å². The van der Waals surface area contributed by atoms with Gasteiger partial charge in [-0.15, -0.1) is 0 Å². The molecule has 1 amide bonds. The summed E-state index contributed by atoms with van der Waals surface area (Å²) in [6, 6.07) is 7.65. The Morgan fingerprint density at radius 3 is 2.78 bits per heavy atom. The first-order chi connectivity index (χ1) is 13.0. The molecule has 3 heterocycles. The number of carbonyl (C=O) groups excluding carboxylic acids is 1. The van der Waals surface area contributed by atoms with Crippen LogP contribution in [0.1, 0.15) is 36.4 Å². The van der Waals surface area contributed by atoms with Gasteiger partial charge in [-0.25, -0.2) is 8.78 Å². The zero-order chi connectivity index (χ0) is 19.0. The monoisotopic (exact) mass is 394 g/mol. The van der Waals surface area contributed by atoms with Crippen LogP contribution in [0, 0.1) is 5.92 Å². The molecule has 3 aliphatic heterocycles. The van der Waals surface area contributed by atoms with Gasteiger partial charge in [-0.05, 0) is 55.7 Å². The lowest BCUT2D eigenvalue weighted by Crippen LogP contribution is -2.63. The van der Waals surface area contributed by atoms with E-state index in [-0.39, 0.29) is 24.0 Å². The summed E-state index contributed by atoms with van der Waals surface area (Å²) in [5.41, 5.74) is 2.11. The Balaban J connectivity index is 1.56. The highest BCUT2D eigenvalue weighted by atomic mass is 32.1. The summed E-state index contributed by atoms with van der Waals surface area (Å²) in [5.74, 6) is -0.635. The number of hydrogen-bond donors (Lipinski definition) is 3. The number of amides is 1. The third-order valence-corrected chi connectivity index (χ3v) is 6.27. The molecule has 3 aliphatic rings. The molecular formula is C19H24F2N4OS. The molecule has 1 aromatic rings. The molecule has 0 aliphatic carbocycles. The lowest BCUT2D eigenvalue weighted by atomic mass is 9.87. The third kappa shape index (κ3) is 3.70. The molecule has 0 aromatic heterocycles. The second-order valence-corrected chi connectivity index (χ2v) is 7.92. The number of nitrogens with zero attached hydrogens (tertiary/aromatic N) is 1. The molecule has 4 rings (SSSR count). The molecule has 0 saturated carbocycles. The van der Waals surface area contributed by atoms with Crippen molar-refractivity contribution in [2.45, 2.75) is 50.4 Å². The molecule has 3 fully saturated rings. The number of fused-ring (bicyclic) bond motifs is 1. The van der Waals surface area contributed by atoms with Gasteiger partial charge < -0.3 is 20.9 Å². The van der Waals surface area contributed by atoms with Crippen molar-refractivity contribution in [3.8, 4) is 0 Å². The van der Waals surface area contributed by atoms with E-state index in [1.54, 1.807) is 0 Å². The molecule has 3 saturated heterocycles. The summed E-state index contributed by atoms with van der Waals surface area (Å²) in [7, 11) is 0. The summed E-state index contributed by atoms with van der Waals surface area (Å²) in [4.78, 5) is 14.2. The molecule has 0 radical (unpaired) electrons. The fraction of sp³-hybridized carbons (Fsp3) is 0.579. The minimum Gasteiger partial charge on any atom is -0.339 e. The van der Waals surface area contributed by atoms with Crippen LogP contribution in [0.15, 0.2) is 24.3 Å². The van der Waals surface area contributed by atoms with E-state index in [1.165, 1.54) is 0 Å². The van der Waals surface area contributed by atoms with Crippen LogP contribution in [0.4, 0.5) is 8.78 Å². The van der Waals surface area contributed by atoms with Crippen molar-refractivity contribution in [1.29, 1.82) is 0 Å². The van der Waals surface area contributed by atoms with Crippen molar-refractivity contribution in [1.82, 2.24) is 20.9 Å². The number of benzene rings is 1. The highest BCUT2D eigenvalue weighted by Crippen LogP contribution is 2.33. The van der Waals surface area contributed by atoms with Gasteiger partial charge in [0.25, 0.3) is 0 Å². The molecule has 8 heteroatoms. The van der Waals surface area contributed by atoms with E-state index in [9.17, 15) is 13.6 Å². The number of carbonyl (C=O) groups is 1. The second-order valence-electron chi connectivity index (χ2n) is 7.53. The maximum absolute atomic E-state index is 13.2. The van der Waals surface area contributed by atoms with E-state index >= 15 is 0 Å². The molecular weight excluding hydrogens is 370 g/mol. The molecule has 2 unspecified atom stereocenters. The van der Waals surface area contributed by atoms with Gasteiger partial charge in [0.15, 0.2) is 5.11 Å². The maximum atomic E-state index is 13.2. The van der Waals surface area contributed by atoms with Crippen LogP contribution in [-0.4, -0.2) is 47.5 Å². The zero-order valence-electron chi connectivity index (χ0n) is 15.0. The Kier molecular flexibility index (Phi) is 5.39. The lowest BCUT2D eigenvalue weighted by Gasteiger charge is -2.39. The van der Waals surface area contributed by atoms with Gasteiger partial charge >= 0.3 is 0 Å². The van der Waals surface area contributed by atoms with Gasteiger partial charge in [0, 0.05) is 18.5 Å². The smallest absolute Gasteiger partial charge is 0.245 e. The highest BCUT2D eigenvalue weighted by Gasteiger charge is 2.42. The van der Waals surface area contributed by atoms with Crippen LogP contribution in [0.25, 0.3) is 0 Å². The normalized spacial score (nSPS) is 31.1. The van der Waals surface area contributed by atoms with Crippen LogP contribution >= 0.6 is 12.2 Å². The fourth-order valence-corrected chi connectivity index (χ4v) is 4.80. The first-order valence-corrected chi connectivity index (χ1v) is 9.89. The maximum Gasteiger partial charge on any atom is 0.245 e. The number of nitrogens with one attached hydrogen (secondary N) is 3. The lowest BCUT2D eigenvalue weighted by molar-refractivity contribution is -0.123. The molecule has 3 N–H and O–H groups in total. The fourth-order valence-electron chi connectivity index (χ4n) is 4.50. The summed E-state index contributed by atoms with van der Waals surface area (Å²) >= 11 is 5.43. The van der Waals surface area contributed by atoms with Crippen molar-refractivity contribution in [2.75, 3.05) is 13.1 Å². The van der Waals surface area contributed by atoms with E-state index < -0.39 is 12.3 Å². The molecule has 1 aromatic carbocycles. The number of alkyl halides is 2. The molecule has 27 heavy (non-hydrogen) atoms. The van der Waals surface area contributed by atoms with Crippen LogP contribution in [-0.2, 0) is 11.3 Å². The number of rotatable bonds is 4. The van der Waals surface area contributed by atoms with Crippen LogP contribution in [0.5, 0.6) is 0 Å². The van der Waals surface area contributed by atoms with Crippen LogP contribution in [0.3, 0.4) is 0 Å². The minimum atomic E-state index is -2.28. The van der Waals surface area contributed by atoms with Gasteiger partial charge in [-0.3, -0.25) is 4.79 Å². The third-order valence-electron chi connectivity index (χ3n) is 5.93. The topological polar surface area (TPSA) is 56.4 Å². The number of halogens is 2. The highest BCUT2D eigenvalue weighted by molar-refractivity contribution is 7.80. The van der Waals surface area contributed by atoms with Gasteiger partial charge in [-0.2, -0.15) is 0 Å². The van der Waals surface area contributed by atoms with Gasteiger partial charge in [0.1, 0.15) is 6.04 Å². The van der Waals surface area contributed by atoms with E-state index in [2.05, 4.69) is 20.9 Å². The first-order valence-electron chi connectivity index (χ1n) is 9.49. The Bertz CT molecular complexity index is 731. The SMILES string of the molecule is O=C1NC(=S)N(Cc2ccccc2[C@H]2C[C@@H](C(F)F)CCN2)C2CCNC12. The van der Waals surface area contributed by atoms with E-state index in [4.69, 9.17) is 12.2 Å². The quantitative estimate of drug-likeness (QED) is 0.682. The number of hydrogen-bond acceptors (Lipinski definition) is 4. The largest absolute Gasteiger partial charge is 0.339 e. The minimum absolute atomic E-state index is 0.0347. The molecule has 146 valence electrons. The van der Waals surface area contributed by atoms with Crippen molar-refractivity contribution in [2.24, 2.45) is 5.92 Å². The number of piperidine rings is 1.